The first-order valence-corrected chi connectivity index (χ1v) is 16.8. The van der Waals surface area contributed by atoms with Crippen molar-refractivity contribution >= 4 is 23.6 Å². The molecule has 0 saturated carbocycles. The summed E-state index contributed by atoms with van der Waals surface area (Å²) in [6.07, 6.45) is 21.9. The van der Waals surface area contributed by atoms with Crippen LogP contribution in [0.25, 0.3) is 0 Å². The molecule has 0 aliphatic carbocycles. The molecule has 11 heteroatoms. The predicted octanol–water partition coefficient (Wildman–Crippen LogP) is 5.11. The van der Waals surface area contributed by atoms with E-state index in [0.29, 0.717) is 26.1 Å². The monoisotopic (exact) mass is 730 g/mol. The van der Waals surface area contributed by atoms with Gasteiger partial charge >= 0.3 is 17.5 Å². The lowest BCUT2D eigenvalue weighted by Gasteiger charge is -2.17. The van der Waals surface area contributed by atoms with Gasteiger partial charge in [0.15, 0.2) is 18.8 Å². The Bertz CT molecular complexity index is 774. The zero-order valence-corrected chi connectivity index (χ0v) is 29.0. The van der Waals surface area contributed by atoms with Gasteiger partial charge in [-0.3, -0.25) is 0 Å². The number of alkyl carbamates (subject to hydrolysis) is 1. The molecule has 0 aliphatic heterocycles. The molecule has 1 aromatic rings. The Labute approximate surface area is 274 Å². The Morgan fingerprint density at radius 2 is 1.43 bits per heavy atom. The van der Waals surface area contributed by atoms with Crippen molar-refractivity contribution in [3.05, 3.63) is 16.8 Å². The van der Waals surface area contributed by atoms with E-state index in [4.69, 9.17) is 14.2 Å². The molecule has 0 aliphatic rings. The minimum Gasteiger partial charge on any atom is -1.00 e. The lowest BCUT2D eigenvalue weighted by atomic mass is 10.0. The van der Waals surface area contributed by atoms with E-state index < -0.39 is 18.4 Å². The Morgan fingerprint density at radius 3 is 1.95 bits per heavy atom. The average molecular weight is 731 g/mol. The smallest absolute Gasteiger partial charge is 0.508 e. The van der Waals surface area contributed by atoms with Gasteiger partial charge in [0, 0.05) is 19.6 Å². The van der Waals surface area contributed by atoms with E-state index in [1.807, 2.05) is 0 Å². The van der Waals surface area contributed by atoms with Crippen molar-refractivity contribution in [2.75, 3.05) is 33.5 Å². The summed E-state index contributed by atoms with van der Waals surface area (Å²) in [7, 11) is 1.22. The molecule has 8 nitrogen and oxygen atoms in total. The van der Waals surface area contributed by atoms with Gasteiger partial charge in [-0.25, -0.2) is 9.59 Å². The number of carbonyl (C=O) groups is 2. The fourth-order valence-corrected chi connectivity index (χ4v) is 5.14. The summed E-state index contributed by atoms with van der Waals surface area (Å²) in [5.41, 5.74) is 0. The van der Waals surface area contributed by atoms with Crippen LogP contribution in [0.1, 0.15) is 122 Å². The number of unbranched alkanes of at least 4 members (excludes halogenated alkanes) is 16. The zero-order valence-electron chi connectivity index (χ0n) is 26.1. The van der Waals surface area contributed by atoms with Gasteiger partial charge in [0.05, 0.1) is 19.1 Å². The number of nitrogens with one attached hydrogen (secondary N) is 1. The number of methoxy groups -OCH3 is 1. The average Bonchev–Trinajstić information content (AvgIpc) is 3.39. The van der Waals surface area contributed by atoms with Crippen LogP contribution in [0.3, 0.4) is 0 Å². The van der Waals surface area contributed by atoms with Crippen LogP contribution in [0.4, 0.5) is 14.0 Å². The number of ether oxygens (including phenoxy) is 4. The minimum absolute atomic E-state index is 0. The van der Waals surface area contributed by atoms with Crippen LogP contribution < -0.4 is 33.9 Å². The number of nitrogens with zero attached hydrogens (tertiary/aromatic N) is 1. The molecule has 1 aromatic heterocycles. The normalized spacial score (nSPS) is 11.5. The number of carbonyl (C=O) groups excluding carboxylic acids is 2. The van der Waals surface area contributed by atoms with E-state index >= 15 is 0 Å². The van der Waals surface area contributed by atoms with Crippen molar-refractivity contribution in [2.45, 2.75) is 135 Å². The van der Waals surface area contributed by atoms with Crippen molar-refractivity contribution in [3.8, 4) is 0 Å². The van der Waals surface area contributed by atoms with Gasteiger partial charge in [0.1, 0.15) is 6.61 Å². The molecular weight excluding hydrogens is 674 g/mol. The molecule has 1 atom stereocenters. The topological polar surface area (TPSA) is 87.0 Å². The second-order valence-electron chi connectivity index (χ2n) is 10.7. The van der Waals surface area contributed by atoms with E-state index in [-0.39, 0.29) is 42.5 Å². The Balaban J connectivity index is 0.0000168. The number of amides is 1. The van der Waals surface area contributed by atoms with Gasteiger partial charge in [0.25, 0.3) is 0 Å². The lowest BCUT2D eigenvalue weighted by molar-refractivity contribution is -0.718. The van der Waals surface area contributed by atoms with Crippen LogP contribution in [0, 0.1) is 5.26 Å². The summed E-state index contributed by atoms with van der Waals surface area (Å²) < 4.78 is 35.4. The maximum atomic E-state index is 13.4. The molecular formula is C31H56FIN2O6S. The summed E-state index contributed by atoms with van der Waals surface area (Å²) in [5, 5.41) is 4.24. The van der Waals surface area contributed by atoms with E-state index in [2.05, 4.69) is 17.0 Å². The summed E-state index contributed by atoms with van der Waals surface area (Å²) >= 11 is 1.07. The molecule has 0 spiro atoms. The summed E-state index contributed by atoms with van der Waals surface area (Å²) in [6.45, 7) is 3.75. The molecule has 0 bridgehead atoms. The molecule has 1 heterocycles. The summed E-state index contributed by atoms with van der Waals surface area (Å²) in [5.74, 6) is 0. The molecule has 1 rings (SSSR count). The molecule has 1 amide bonds. The first-order chi connectivity index (χ1) is 20.1. The molecule has 1 unspecified atom stereocenters. The summed E-state index contributed by atoms with van der Waals surface area (Å²) in [6, 6.07) is 0. The van der Waals surface area contributed by atoms with Crippen LogP contribution in [-0.4, -0.2) is 51.8 Å². The van der Waals surface area contributed by atoms with E-state index in [9.17, 15) is 14.0 Å². The third kappa shape index (κ3) is 24.3. The third-order valence-corrected chi connectivity index (χ3v) is 7.69. The third-order valence-electron chi connectivity index (χ3n) is 7.00. The number of aryl methyl sites for hydroxylation is 1. The van der Waals surface area contributed by atoms with Crippen molar-refractivity contribution < 1.29 is 61.5 Å². The Morgan fingerprint density at radius 1 is 0.857 bits per heavy atom. The molecule has 246 valence electrons. The first-order valence-electron chi connectivity index (χ1n) is 15.9. The van der Waals surface area contributed by atoms with E-state index in [1.54, 1.807) is 16.1 Å². The highest BCUT2D eigenvalue weighted by Crippen LogP contribution is 2.13. The van der Waals surface area contributed by atoms with Crippen molar-refractivity contribution in [1.29, 1.82) is 0 Å². The molecule has 0 fully saturated rings. The highest BCUT2D eigenvalue weighted by molar-refractivity contribution is 7.07. The quantitative estimate of drug-likeness (QED) is 0.0587. The molecule has 0 aromatic carbocycles. The number of hydrogen-bond acceptors (Lipinski definition) is 7. The van der Waals surface area contributed by atoms with Crippen LogP contribution in [0.15, 0.2) is 11.6 Å². The highest BCUT2D eigenvalue weighted by Gasteiger charge is 2.18. The molecule has 0 radical (unpaired) electrons. The maximum absolute atomic E-state index is 13.4. The van der Waals surface area contributed by atoms with Crippen molar-refractivity contribution in [2.24, 2.45) is 0 Å². The van der Waals surface area contributed by atoms with Gasteiger partial charge < -0.3 is 48.2 Å². The Kier molecular flexibility index (Phi) is 29.0. The Hall–Kier alpha value is -1.21. The predicted molar refractivity (Wildman–Crippen MR) is 161 cm³/mol. The number of aromatic nitrogens is 1. The van der Waals surface area contributed by atoms with Crippen molar-refractivity contribution in [3.63, 3.8) is 0 Å². The fraction of sp³-hybridized carbons (Fsp3) is 0.839. The number of thiazole rings is 1. The van der Waals surface area contributed by atoms with Crippen molar-refractivity contribution in [1.82, 2.24) is 5.32 Å². The lowest BCUT2D eigenvalue weighted by Crippen LogP contribution is -3.00. The highest BCUT2D eigenvalue weighted by atomic mass is 127. The number of halogens is 2. The SMILES string of the molecule is CCCCCCCCCCCCCCCCCCNC(=O)OCC(COCCCC[n+]1ccsc1F)OC(=O)OC.[I-]. The number of hydrogen-bond donors (Lipinski definition) is 1. The van der Waals surface area contributed by atoms with Gasteiger partial charge in [-0.15, -0.1) is 4.39 Å². The fourth-order valence-electron chi connectivity index (χ4n) is 4.53. The van der Waals surface area contributed by atoms with Crippen LogP contribution in [-0.2, 0) is 25.5 Å². The standard InChI is InChI=1S/C31H55FN2O6S.HI/c1-3-4-5-6-7-8-9-10-11-12-13-14-15-16-17-18-21-33-30(35)39-27-28(40-31(36)37-2)26-38-24-20-19-22-34-23-25-41-29(34)32;/h23,25,28H,3-22,24,26-27H2,1-2H3;1H. The second kappa shape index (κ2) is 29.8. The van der Waals surface area contributed by atoms with E-state index in [0.717, 1.165) is 30.6 Å². The van der Waals surface area contributed by atoms with Crippen LogP contribution >= 0.6 is 11.3 Å². The van der Waals surface area contributed by atoms with Crippen LogP contribution in [0.2, 0.25) is 0 Å². The number of rotatable bonds is 27. The second-order valence-corrected chi connectivity index (χ2v) is 11.5. The first kappa shape index (κ1) is 40.8. The summed E-state index contributed by atoms with van der Waals surface area (Å²) in [4.78, 5) is 23.6. The van der Waals surface area contributed by atoms with Gasteiger partial charge in [-0.1, -0.05) is 103 Å². The van der Waals surface area contributed by atoms with E-state index in [1.165, 1.54) is 97.0 Å². The molecule has 1 N–H and O–H groups in total. The van der Waals surface area contributed by atoms with Gasteiger partial charge in [-0.05, 0) is 24.2 Å². The van der Waals surface area contributed by atoms with Gasteiger partial charge in [0.2, 0.25) is 0 Å². The largest absolute Gasteiger partial charge is 1.00 e. The van der Waals surface area contributed by atoms with Gasteiger partial charge in [-0.2, -0.15) is 4.57 Å². The molecule has 0 saturated heterocycles. The van der Waals surface area contributed by atoms with Crippen LogP contribution in [0.5, 0.6) is 0 Å². The maximum Gasteiger partial charge on any atom is 0.508 e. The zero-order chi connectivity index (χ0) is 29.8. The minimum atomic E-state index is -0.861. The molecule has 42 heavy (non-hydrogen) atoms.